The Morgan fingerprint density at radius 3 is 3.00 bits per heavy atom. The Kier molecular flexibility index (Phi) is 7.01. The third kappa shape index (κ3) is 5.28. The van der Waals surface area contributed by atoms with Gasteiger partial charge < -0.3 is 14.6 Å². The standard InChI is InChI=1S/C13H26O3/c1-3-4-9-15-13-12(6-5-10-16-13)8-7-11(2)14/h11-14H,3-10H2,1-2H3. The molecule has 16 heavy (non-hydrogen) atoms. The maximum Gasteiger partial charge on any atom is 0.160 e. The van der Waals surface area contributed by atoms with E-state index >= 15 is 0 Å². The summed E-state index contributed by atoms with van der Waals surface area (Å²) in [5, 5.41) is 9.30. The van der Waals surface area contributed by atoms with E-state index in [9.17, 15) is 5.11 Å². The van der Waals surface area contributed by atoms with Crippen LogP contribution in [0.25, 0.3) is 0 Å². The number of aliphatic hydroxyl groups excluding tert-OH is 1. The molecule has 3 unspecified atom stereocenters. The molecule has 1 saturated heterocycles. The number of ether oxygens (including phenoxy) is 2. The fourth-order valence-electron chi connectivity index (χ4n) is 2.08. The van der Waals surface area contributed by atoms with Gasteiger partial charge in [0.25, 0.3) is 0 Å². The van der Waals surface area contributed by atoms with Gasteiger partial charge in [0.05, 0.1) is 6.10 Å². The van der Waals surface area contributed by atoms with Crippen LogP contribution >= 0.6 is 0 Å². The first-order chi connectivity index (χ1) is 7.74. The second kappa shape index (κ2) is 8.04. The molecular weight excluding hydrogens is 204 g/mol. The number of rotatable bonds is 7. The Balaban J connectivity index is 2.26. The molecule has 1 rings (SSSR count). The van der Waals surface area contributed by atoms with E-state index in [0.717, 1.165) is 45.3 Å². The van der Waals surface area contributed by atoms with E-state index in [1.165, 1.54) is 6.42 Å². The van der Waals surface area contributed by atoms with Gasteiger partial charge in [0.1, 0.15) is 0 Å². The Morgan fingerprint density at radius 2 is 2.31 bits per heavy atom. The SMILES string of the molecule is CCCCOC1OCCCC1CCC(C)O. The highest BCUT2D eigenvalue weighted by Crippen LogP contribution is 2.26. The van der Waals surface area contributed by atoms with Crippen LogP contribution in [0, 0.1) is 5.92 Å². The van der Waals surface area contributed by atoms with Crippen LogP contribution in [-0.2, 0) is 9.47 Å². The van der Waals surface area contributed by atoms with Gasteiger partial charge in [-0.15, -0.1) is 0 Å². The maximum absolute atomic E-state index is 9.30. The molecule has 0 aromatic heterocycles. The zero-order valence-corrected chi connectivity index (χ0v) is 10.7. The predicted octanol–water partition coefficient (Wildman–Crippen LogP) is 2.72. The molecule has 0 saturated carbocycles. The quantitative estimate of drug-likeness (QED) is 0.683. The minimum atomic E-state index is -0.210. The fraction of sp³-hybridized carbons (Fsp3) is 1.00. The minimum absolute atomic E-state index is 0.0287. The fourth-order valence-corrected chi connectivity index (χ4v) is 2.08. The average molecular weight is 230 g/mol. The van der Waals surface area contributed by atoms with Crippen molar-refractivity contribution in [3.8, 4) is 0 Å². The van der Waals surface area contributed by atoms with Crippen molar-refractivity contribution in [1.82, 2.24) is 0 Å². The first kappa shape index (κ1) is 13.9. The summed E-state index contributed by atoms with van der Waals surface area (Å²) in [6, 6.07) is 0. The van der Waals surface area contributed by atoms with Crippen molar-refractivity contribution >= 4 is 0 Å². The van der Waals surface area contributed by atoms with Crippen LogP contribution in [0.5, 0.6) is 0 Å². The summed E-state index contributed by atoms with van der Waals surface area (Å²) in [5.41, 5.74) is 0. The lowest BCUT2D eigenvalue weighted by Gasteiger charge is -2.31. The molecule has 0 spiro atoms. The summed E-state index contributed by atoms with van der Waals surface area (Å²) in [7, 11) is 0. The van der Waals surface area contributed by atoms with Gasteiger partial charge in [0.15, 0.2) is 6.29 Å². The topological polar surface area (TPSA) is 38.7 Å². The molecule has 0 bridgehead atoms. The van der Waals surface area contributed by atoms with Crippen molar-refractivity contribution in [1.29, 1.82) is 0 Å². The lowest BCUT2D eigenvalue weighted by Crippen LogP contribution is -2.32. The molecule has 1 aliphatic rings. The lowest BCUT2D eigenvalue weighted by atomic mass is 9.94. The molecule has 3 atom stereocenters. The molecular formula is C13H26O3. The molecule has 3 heteroatoms. The zero-order valence-electron chi connectivity index (χ0n) is 10.7. The molecule has 96 valence electrons. The molecule has 1 N–H and O–H groups in total. The van der Waals surface area contributed by atoms with Gasteiger partial charge in [-0.3, -0.25) is 0 Å². The Morgan fingerprint density at radius 1 is 1.50 bits per heavy atom. The Hall–Kier alpha value is -0.120. The van der Waals surface area contributed by atoms with Crippen molar-refractivity contribution in [3.63, 3.8) is 0 Å². The zero-order chi connectivity index (χ0) is 11.8. The maximum atomic E-state index is 9.30. The van der Waals surface area contributed by atoms with Crippen LogP contribution in [0.3, 0.4) is 0 Å². The van der Waals surface area contributed by atoms with Crippen LogP contribution in [0.15, 0.2) is 0 Å². The molecule has 0 aromatic rings. The third-order valence-electron chi connectivity index (χ3n) is 3.12. The van der Waals surface area contributed by atoms with E-state index in [-0.39, 0.29) is 12.4 Å². The van der Waals surface area contributed by atoms with Gasteiger partial charge in [0.2, 0.25) is 0 Å². The number of unbranched alkanes of at least 4 members (excludes halogenated alkanes) is 1. The average Bonchev–Trinajstić information content (AvgIpc) is 2.28. The van der Waals surface area contributed by atoms with Crippen molar-refractivity contribution in [2.24, 2.45) is 5.92 Å². The van der Waals surface area contributed by atoms with E-state index in [2.05, 4.69) is 6.92 Å². The first-order valence-corrected chi connectivity index (χ1v) is 6.65. The summed E-state index contributed by atoms with van der Waals surface area (Å²) in [4.78, 5) is 0. The Bertz CT molecular complexity index is 171. The van der Waals surface area contributed by atoms with E-state index in [0.29, 0.717) is 5.92 Å². The van der Waals surface area contributed by atoms with Crippen LogP contribution in [-0.4, -0.2) is 30.7 Å². The number of hydrogen-bond acceptors (Lipinski definition) is 3. The molecule has 1 fully saturated rings. The molecule has 1 heterocycles. The van der Waals surface area contributed by atoms with E-state index in [4.69, 9.17) is 9.47 Å². The third-order valence-corrected chi connectivity index (χ3v) is 3.12. The second-order valence-electron chi connectivity index (χ2n) is 4.79. The van der Waals surface area contributed by atoms with Gasteiger partial charge in [-0.2, -0.15) is 0 Å². The summed E-state index contributed by atoms with van der Waals surface area (Å²) in [6.45, 7) is 5.63. The van der Waals surface area contributed by atoms with Crippen molar-refractivity contribution < 1.29 is 14.6 Å². The van der Waals surface area contributed by atoms with Crippen LogP contribution in [0.4, 0.5) is 0 Å². The predicted molar refractivity (Wildman–Crippen MR) is 64.2 cm³/mol. The highest BCUT2D eigenvalue weighted by atomic mass is 16.7. The molecule has 3 nitrogen and oxygen atoms in total. The van der Waals surface area contributed by atoms with Gasteiger partial charge in [-0.05, 0) is 39.0 Å². The molecule has 0 aromatic carbocycles. The van der Waals surface area contributed by atoms with Crippen LogP contribution in [0.1, 0.15) is 52.4 Å². The van der Waals surface area contributed by atoms with Gasteiger partial charge in [0, 0.05) is 19.1 Å². The van der Waals surface area contributed by atoms with E-state index < -0.39 is 0 Å². The number of aliphatic hydroxyl groups is 1. The highest BCUT2D eigenvalue weighted by molar-refractivity contribution is 4.69. The summed E-state index contributed by atoms with van der Waals surface area (Å²) >= 11 is 0. The van der Waals surface area contributed by atoms with Gasteiger partial charge >= 0.3 is 0 Å². The molecule has 0 radical (unpaired) electrons. The lowest BCUT2D eigenvalue weighted by molar-refractivity contribution is -0.195. The van der Waals surface area contributed by atoms with Crippen LogP contribution < -0.4 is 0 Å². The Labute approximate surface area is 99.1 Å². The van der Waals surface area contributed by atoms with E-state index in [1.54, 1.807) is 0 Å². The largest absolute Gasteiger partial charge is 0.393 e. The van der Waals surface area contributed by atoms with Gasteiger partial charge in [-0.1, -0.05) is 13.3 Å². The smallest absolute Gasteiger partial charge is 0.160 e. The molecule has 0 aliphatic carbocycles. The van der Waals surface area contributed by atoms with Crippen molar-refractivity contribution in [3.05, 3.63) is 0 Å². The summed E-state index contributed by atoms with van der Waals surface area (Å²) in [5.74, 6) is 0.472. The highest BCUT2D eigenvalue weighted by Gasteiger charge is 2.26. The summed E-state index contributed by atoms with van der Waals surface area (Å²) in [6.07, 6.45) is 6.17. The van der Waals surface area contributed by atoms with Crippen molar-refractivity contribution in [2.75, 3.05) is 13.2 Å². The van der Waals surface area contributed by atoms with E-state index in [1.807, 2.05) is 6.92 Å². The minimum Gasteiger partial charge on any atom is -0.393 e. The van der Waals surface area contributed by atoms with Gasteiger partial charge in [-0.25, -0.2) is 0 Å². The monoisotopic (exact) mass is 230 g/mol. The molecule has 1 aliphatic heterocycles. The number of hydrogen-bond donors (Lipinski definition) is 1. The molecule has 0 amide bonds. The van der Waals surface area contributed by atoms with Crippen LogP contribution in [0.2, 0.25) is 0 Å². The van der Waals surface area contributed by atoms with Crippen molar-refractivity contribution in [2.45, 2.75) is 64.8 Å². The second-order valence-corrected chi connectivity index (χ2v) is 4.79. The first-order valence-electron chi connectivity index (χ1n) is 6.65. The normalized spacial score (nSPS) is 27.9. The summed E-state index contributed by atoms with van der Waals surface area (Å²) < 4.78 is 11.4.